The Morgan fingerprint density at radius 2 is 2.19 bits per heavy atom. The summed E-state index contributed by atoms with van der Waals surface area (Å²) in [6.45, 7) is -0.399. The molecular formula is C17H13ClN2O5S. The van der Waals surface area contributed by atoms with E-state index < -0.39 is 23.6 Å². The lowest BCUT2D eigenvalue weighted by molar-refractivity contribution is -0.127. The fourth-order valence-corrected chi connectivity index (χ4v) is 3.30. The zero-order valence-electron chi connectivity index (χ0n) is 13.5. The van der Waals surface area contributed by atoms with Crippen molar-refractivity contribution in [2.24, 2.45) is 0 Å². The van der Waals surface area contributed by atoms with Crippen LogP contribution in [0.1, 0.15) is 5.76 Å². The smallest absolute Gasteiger partial charge is 0.294 e. The predicted molar refractivity (Wildman–Crippen MR) is 98.0 cm³/mol. The van der Waals surface area contributed by atoms with E-state index in [4.69, 9.17) is 20.8 Å². The molecule has 0 unspecified atom stereocenters. The monoisotopic (exact) mass is 392 g/mol. The van der Waals surface area contributed by atoms with Gasteiger partial charge in [-0.25, -0.2) is 0 Å². The molecule has 1 aliphatic rings. The first-order chi connectivity index (χ1) is 12.5. The maximum atomic E-state index is 12.3. The minimum Gasteiger partial charge on any atom is -0.495 e. The second-order valence-electron chi connectivity index (χ2n) is 5.18. The van der Waals surface area contributed by atoms with Crippen LogP contribution in [0.3, 0.4) is 0 Å². The highest BCUT2D eigenvalue weighted by Gasteiger charge is 2.36. The number of imide groups is 1. The lowest BCUT2D eigenvalue weighted by atomic mass is 10.3. The molecule has 0 atom stereocenters. The molecule has 1 fully saturated rings. The standard InChI is InChI=1S/C17H13ClN2O5S/c1-24-13-5-4-10(7-12(13)18)19-15(21)9-20-16(22)14(26-17(20)23)8-11-3-2-6-25-11/h2-8H,9H2,1H3,(H,19,21)/b14-8+. The van der Waals surface area contributed by atoms with Gasteiger partial charge in [-0.2, -0.15) is 0 Å². The van der Waals surface area contributed by atoms with Crippen LogP contribution in [-0.2, 0) is 9.59 Å². The van der Waals surface area contributed by atoms with Gasteiger partial charge in [0.1, 0.15) is 18.1 Å². The van der Waals surface area contributed by atoms with Crippen LogP contribution in [-0.4, -0.2) is 35.6 Å². The Labute approximate surface area is 157 Å². The zero-order chi connectivity index (χ0) is 18.7. The lowest BCUT2D eigenvalue weighted by Gasteiger charge is -2.13. The van der Waals surface area contributed by atoms with Crippen molar-refractivity contribution in [3.05, 3.63) is 52.3 Å². The maximum absolute atomic E-state index is 12.3. The summed E-state index contributed by atoms with van der Waals surface area (Å²) in [6.07, 6.45) is 2.93. The van der Waals surface area contributed by atoms with Crippen molar-refractivity contribution in [2.75, 3.05) is 19.0 Å². The van der Waals surface area contributed by atoms with Crippen molar-refractivity contribution in [1.82, 2.24) is 4.90 Å². The Morgan fingerprint density at radius 1 is 1.38 bits per heavy atom. The van der Waals surface area contributed by atoms with E-state index in [1.54, 1.807) is 24.3 Å². The SMILES string of the molecule is COc1ccc(NC(=O)CN2C(=O)S/C(=C/c3ccco3)C2=O)cc1Cl. The first-order valence-corrected chi connectivity index (χ1v) is 8.59. The summed E-state index contributed by atoms with van der Waals surface area (Å²) in [5.74, 6) is -0.140. The van der Waals surface area contributed by atoms with Gasteiger partial charge in [-0.15, -0.1) is 0 Å². The number of carbonyl (C=O) groups excluding carboxylic acids is 3. The van der Waals surface area contributed by atoms with Crippen molar-refractivity contribution in [1.29, 1.82) is 0 Å². The number of nitrogens with one attached hydrogen (secondary N) is 1. The Hall–Kier alpha value is -2.71. The fourth-order valence-electron chi connectivity index (χ4n) is 2.23. The summed E-state index contributed by atoms with van der Waals surface area (Å²) in [5.41, 5.74) is 0.430. The van der Waals surface area contributed by atoms with Crippen LogP contribution < -0.4 is 10.1 Å². The molecule has 1 saturated heterocycles. The van der Waals surface area contributed by atoms with Gasteiger partial charge in [0.2, 0.25) is 5.91 Å². The van der Waals surface area contributed by atoms with Gasteiger partial charge in [0.25, 0.3) is 11.1 Å². The number of benzene rings is 1. The van der Waals surface area contributed by atoms with E-state index in [1.807, 2.05) is 0 Å². The summed E-state index contributed by atoms with van der Waals surface area (Å²) < 4.78 is 10.2. The van der Waals surface area contributed by atoms with E-state index in [9.17, 15) is 14.4 Å². The molecule has 1 aliphatic heterocycles. The van der Waals surface area contributed by atoms with Gasteiger partial charge in [-0.3, -0.25) is 19.3 Å². The van der Waals surface area contributed by atoms with Crippen molar-refractivity contribution >= 4 is 52.2 Å². The van der Waals surface area contributed by atoms with Gasteiger partial charge in [-0.05, 0) is 42.1 Å². The molecule has 1 aromatic heterocycles. The number of halogens is 1. The highest BCUT2D eigenvalue weighted by Crippen LogP contribution is 2.32. The van der Waals surface area contributed by atoms with Crippen LogP contribution in [0.4, 0.5) is 10.5 Å². The number of hydrogen-bond acceptors (Lipinski definition) is 6. The third-order valence-corrected chi connectivity index (χ3v) is 4.63. The van der Waals surface area contributed by atoms with Gasteiger partial charge >= 0.3 is 0 Å². The number of methoxy groups -OCH3 is 1. The van der Waals surface area contributed by atoms with E-state index in [2.05, 4.69) is 5.32 Å². The van der Waals surface area contributed by atoms with E-state index in [1.165, 1.54) is 25.5 Å². The van der Waals surface area contributed by atoms with Crippen LogP contribution in [0.5, 0.6) is 5.75 Å². The molecule has 2 aromatic rings. The third-order valence-electron chi connectivity index (χ3n) is 3.43. The van der Waals surface area contributed by atoms with Crippen LogP contribution in [0, 0.1) is 0 Å². The Kier molecular flexibility index (Phi) is 5.34. The van der Waals surface area contributed by atoms with Crippen molar-refractivity contribution < 1.29 is 23.5 Å². The number of anilines is 1. The topological polar surface area (TPSA) is 88.8 Å². The number of hydrogen-bond donors (Lipinski definition) is 1. The summed E-state index contributed by atoms with van der Waals surface area (Å²) in [7, 11) is 1.48. The quantitative estimate of drug-likeness (QED) is 0.782. The molecular weight excluding hydrogens is 380 g/mol. The number of rotatable bonds is 5. The minimum atomic E-state index is -0.542. The maximum Gasteiger partial charge on any atom is 0.294 e. The molecule has 0 radical (unpaired) electrons. The molecule has 0 spiro atoms. The Bertz CT molecular complexity index is 895. The molecule has 7 nitrogen and oxygen atoms in total. The molecule has 26 heavy (non-hydrogen) atoms. The van der Waals surface area contributed by atoms with Gasteiger partial charge in [0.15, 0.2) is 0 Å². The average molecular weight is 393 g/mol. The first kappa shape index (κ1) is 18.1. The molecule has 1 N–H and O–H groups in total. The number of carbonyl (C=O) groups is 3. The molecule has 134 valence electrons. The second kappa shape index (κ2) is 7.67. The average Bonchev–Trinajstić information content (AvgIpc) is 3.19. The number of furan rings is 1. The van der Waals surface area contributed by atoms with Gasteiger partial charge in [-0.1, -0.05) is 11.6 Å². The van der Waals surface area contributed by atoms with E-state index in [0.29, 0.717) is 22.2 Å². The highest BCUT2D eigenvalue weighted by atomic mass is 35.5. The van der Waals surface area contributed by atoms with E-state index in [-0.39, 0.29) is 4.91 Å². The van der Waals surface area contributed by atoms with Crippen molar-refractivity contribution in [3.63, 3.8) is 0 Å². The number of amides is 3. The normalized spacial score (nSPS) is 15.6. The summed E-state index contributed by atoms with van der Waals surface area (Å²) in [5, 5.41) is 2.40. The lowest BCUT2D eigenvalue weighted by Crippen LogP contribution is -2.36. The molecule has 3 rings (SSSR count). The van der Waals surface area contributed by atoms with Gasteiger partial charge < -0.3 is 14.5 Å². The molecule has 0 aliphatic carbocycles. The van der Waals surface area contributed by atoms with E-state index >= 15 is 0 Å². The van der Waals surface area contributed by atoms with Crippen molar-refractivity contribution in [3.8, 4) is 5.75 Å². The number of ether oxygens (including phenoxy) is 1. The second-order valence-corrected chi connectivity index (χ2v) is 6.58. The van der Waals surface area contributed by atoms with Crippen LogP contribution in [0.15, 0.2) is 45.9 Å². The third kappa shape index (κ3) is 3.92. The molecule has 3 amide bonds. The highest BCUT2D eigenvalue weighted by molar-refractivity contribution is 8.18. The summed E-state index contributed by atoms with van der Waals surface area (Å²) in [4.78, 5) is 37.6. The van der Waals surface area contributed by atoms with Crippen molar-refractivity contribution in [2.45, 2.75) is 0 Å². The van der Waals surface area contributed by atoms with E-state index in [0.717, 1.165) is 16.7 Å². The number of thioether (sulfide) groups is 1. The molecule has 0 saturated carbocycles. The molecule has 1 aromatic carbocycles. The Balaban J connectivity index is 1.66. The fraction of sp³-hybridized carbons (Fsp3) is 0.118. The van der Waals surface area contributed by atoms with Gasteiger partial charge in [0.05, 0.1) is 23.3 Å². The molecule has 2 heterocycles. The minimum absolute atomic E-state index is 0.199. The van der Waals surface area contributed by atoms with Gasteiger partial charge in [0, 0.05) is 11.8 Å². The first-order valence-electron chi connectivity index (χ1n) is 7.40. The van der Waals surface area contributed by atoms with Crippen LogP contribution >= 0.6 is 23.4 Å². The van der Waals surface area contributed by atoms with Crippen LogP contribution in [0.25, 0.3) is 6.08 Å². The molecule has 0 bridgehead atoms. The Morgan fingerprint density at radius 3 is 2.85 bits per heavy atom. The summed E-state index contributed by atoms with van der Waals surface area (Å²) in [6, 6.07) is 8.05. The predicted octanol–water partition coefficient (Wildman–Crippen LogP) is 3.62. The zero-order valence-corrected chi connectivity index (χ0v) is 15.1. The number of nitrogens with zero attached hydrogens (tertiary/aromatic N) is 1. The largest absolute Gasteiger partial charge is 0.495 e. The molecule has 9 heteroatoms. The van der Waals surface area contributed by atoms with Crippen LogP contribution in [0.2, 0.25) is 5.02 Å². The summed E-state index contributed by atoms with van der Waals surface area (Å²) >= 11 is 6.76.